The first kappa shape index (κ1) is 17.0. The van der Waals surface area contributed by atoms with Gasteiger partial charge in [-0.3, -0.25) is 9.36 Å². The molecule has 0 aliphatic rings. The van der Waals surface area contributed by atoms with Gasteiger partial charge in [-0.1, -0.05) is 36.4 Å². The van der Waals surface area contributed by atoms with Crippen molar-refractivity contribution < 1.29 is 4.74 Å². The highest BCUT2D eigenvalue weighted by atomic mass is 16.5. The molecule has 0 fully saturated rings. The van der Waals surface area contributed by atoms with Gasteiger partial charge in [0.2, 0.25) is 0 Å². The Bertz CT molecular complexity index is 916. The van der Waals surface area contributed by atoms with Crippen LogP contribution in [0.5, 0.6) is 5.75 Å². The second-order valence-corrected chi connectivity index (χ2v) is 6.02. The number of hydrogen-bond acceptors (Lipinski definition) is 3. The Hall–Kier alpha value is -2.88. The second kappa shape index (κ2) is 7.79. The standard InChI is InChI=1S/C21H22N2O2/c1-3-17(11-7-10-16-8-5-4-6-9-16)23-15-22-20-14-18(25-2)12-13-19(20)21(23)24/h3-6,8-9,12-15,17H,1,7,10-11H2,2H3/t17-/m0/s1. The molecule has 0 aliphatic carbocycles. The molecule has 1 aromatic heterocycles. The van der Waals surface area contributed by atoms with Crippen molar-refractivity contribution in [2.75, 3.05) is 7.11 Å². The van der Waals surface area contributed by atoms with E-state index in [2.05, 4.69) is 23.7 Å². The van der Waals surface area contributed by atoms with Gasteiger partial charge in [0, 0.05) is 6.07 Å². The Morgan fingerprint density at radius 3 is 2.76 bits per heavy atom. The van der Waals surface area contributed by atoms with Gasteiger partial charge in [0.15, 0.2) is 0 Å². The summed E-state index contributed by atoms with van der Waals surface area (Å²) in [6, 6.07) is 15.6. The van der Waals surface area contributed by atoms with Gasteiger partial charge in [-0.25, -0.2) is 4.98 Å². The average Bonchev–Trinajstić information content (AvgIpc) is 2.66. The monoisotopic (exact) mass is 334 g/mol. The van der Waals surface area contributed by atoms with Crippen LogP contribution >= 0.6 is 0 Å². The van der Waals surface area contributed by atoms with E-state index in [-0.39, 0.29) is 11.6 Å². The Kier molecular flexibility index (Phi) is 5.29. The van der Waals surface area contributed by atoms with E-state index >= 15 is 0 Å². The molecule has 4 heteroatoms. The third-order valence-corrected chi connectivity index (χ3v) is 4.43. The molecule has 0 radical (unpaired) electrons. The first-order valence-corrected chi connectivity index (χ1v) is 8.44. The van der Waals surface area contributed by atoms with Gasteiger partial charge >= 0.3 is 0 Å². The Balaban J connectivity index is 1.79. The molecule has 128 valence electrons. The van der Waals surface area contributed by atoms with Crippen molar-refractivity contribution in [2.24, 2.45) is 0 Å². The first-order chi connectivity index (χ1) is 12.2. The van der Waals surface area contributed by atoms with E-state index in [4.69, 9.17) is 4.74 Å². The zero-order chi connectivity index (χ0) is 17.6. The van der Waals surface area contributed by atoms with Crippen LogP contribution in [0, 0.1) is 0 Å². The number of fused-ring (bicyclic) bond motifs is 1. The van der Waals surface area contributed by atoms with Crippen LogP contribution in [0.25, 0.3) is 10.9 Å². The van der Waals surface area contributed by atoms with E-state index in [9.17, 15) is 4.79 Å². The van der Waals surface area contributed by atoms with Gasteiger partial charge in [-0.15, -0.1) is 6.58 Å². The van der Waals surface area contributed by atoms with E-state index in [1.165, 1.54) is 5.56 Å². The Morgan fingerprint density at radius 1 is 1.24 bits per heavy atom. The van der Waals surface area contributed by atoms with Gasteiger partial charge in [-0.05, 0) is 37.0 Å². The third kappa shape index (κ3) is 3.79. The smallest absolute Gasteiger partial charge is 0.261 e. The molecule has 0 N–H and O–H groups in total. The van der Waals surface area contributed by atoms with Gasteiger partial charge in [0.25, 0.3) is 5.56 Å². The van der Waals surface area contributed by atoms with Crippen molar-refractivity contribution in [1.82, 2.24) is 9.55 Å². The fourth-order valence-corrected chi connectivity index (χ4v) is 3.01. The number of benzene rings is 2. The largest absolute Gasteiger partial charge is 0.497 e. The quantitative estimate of drug-likeness (QED) is 0.610. The number of rotatable bonds is 7. The van der Waals surface area contributed by atoms with Crippen LogP contribution in [0.3, 0.4) is 0 Å². The number of aryl methyl sites for hydroxylation is 1. The summed E-state index contributed by atoms with van der Waals surface area (Å²) in [4.78, 5) is 17.2. The number of allylic oxidation sites excluding steroid dienone is 1. The van der Waals surface area contributed by atoms with Crippen LogP contribution in [-0.4, -0.2) is 16.7 Å². The van der Waals surface area contributed by atoms with Crippen LogP contribution in [0.2, 0.25) is 0 Å². The average molecular weight is 334 g/mol. The summed E-state index contributed by atoms with van der Waals surface area (Å²) in [6.07, 6.45) is 6.25. The fourth-order valence-electron chi connectivity index (χ4n) is 3.01. The lowest BCUT2D eigenvalue weighted by molar-refractivity contribution is 0.415. The van der Waals surface area contributed by atoms with Crippen molar-refractivity contribution >= 4 is 10.9 Å². The molecule has 1 heterocycles. The number of ether oxygens (including phenoxy) is 1. The molecule has 0 spiro atoms. The highest BCUT2D eigenvalue weighted by molar-refractivity contribution is 5.78. The highest BCUT2D eigenvalue weighted by Crippen LogP contribution is 2.19. The summed E-state index contributed by atoms with van der Waals surface area (Å²) in [7, 11) is 1.60. The lowest BCUT2D eigenvalue weighted by Gasteiger charge is -2.16. The maximum atomic E-state index is 12.8. The molecule has 0 unspecified atom stereocenters. The van der Waals surface area contributed by atoms with Crippen molar-refractivity contribution in [1.29, 1.82) is 0 Å². The summed E-state index contributed by atoms with van der Waals surface area (Å²) in [6.45, 7) is 3.90. The molecule has 2 aromatic carbocycles. The number of nitrogens with zero attached hydrogens (tertiary/aromatic N) is 2. The molecule has 0 amide bonds. The van der Waals surface area contributed by atoms with E-state index < -0.39 is 0 Å². The predicted octanol–water partition coefficient (Wildman–Crippen LogP) is 4.16. The fraction of sp³-hybridized carbons (Fsp3) is 0.238. The first-order valence-electron chi connectivity index (χ1n) is 8.44. The molecule has 25 heavy (non-hydrogen) atoms. The van der Waals surface area contributed by atoms with Crippen molar-refractivity contribution in [3.05, 3.63) is 83.4 Å². The van der Waals surface area contributed by atoms with Gasteiger partial charge < -0.3 is 4.74 Å². The summed E-state index contributed by atoms with van der Waals surface area (Å²) in [5.74, 6) is 0.695. The summed E-state index contributed by atoms with van der Waals surface area (Å²) >= 11 is 0. The second-order valence-electron chi connectivity index (χ2n) is 6.02. The van der Waals surface area contributed by atoms with E-state index in [1.807, 2.05) is 24.3 Å². The van der Waals surface area contributed by atoms with Crippen LogP contribution < -0.4 is 10.3 Å². The molecule has 0 bridgehead atoms. The number of methoxy groups -OCH3 is 1. The van der Waals surface area contributed by atoms with E-state index in [0.717, 1.165) is 19.3 Å². The molecular formula is C21H22N2O2. The van der Waals surface area contributed by atoms with Crippen LogP contribution in [0.1, 0.15) is 24.4 Å². The van der Waals surface area contributed by atoms with Crippen LogP contribution in [-0.2, 0) is 6.42 Å². The minimum atomic E-state index is -0.0600. The van der Waals surface area contributed by atoms with Gasteiger partial charge in [0.05, 0.1) is 30.4 Å². The lowest BCUT2D eigenvalue weighted by atomic mass is 10.0. The Labute approximate surface area is 147 Å². The molecule has 0 aliphatic heterocycles. The highest BCUT2D eigenvalue weighted by Gasteiger charge is 2.12. The summed E-state index contributed by atoms with van der Waals surface area (Å²) in [5, 5.41) is 0.596. The molecular weight excluding hydrogens is 312 g/mol. The van der Waals surface area contributed by atoms with Crippen LogP contribution in [0.4, 0.5) is 0 Å². The number of aromatic nitrogens is 2. The molecule has 3 aromatic rings. The third-order valence-electron chi connectivity index (χ3n) is 4.43. The maximum absolute atomic E-state index is 12.8. The lowest BCUT2D eigenvalue weighted by Crippen LogP contribution is -2.24. The van der Waals surface area contributed by atoms with Crippen molar-refractivity contribution in [3.8, 4) is 5.75 Å². The molecule has 0 saturated carbocycles. The number of hydrogen-bond donors (Lipinski definition) is 0. The van der Waals surface area contributed by atoms with Crippen molar-refractivity contribution in [2.45, 2.75) is 25.3 Å². The van der Waals surface area contributed by atoms with E-state index in [0.29, 0.717) is 16.7 Å². The Morgan fingerprint density at radius 2 is 2.04 bits per heavy atom. The molecule has 3 rings (SSSR count). The van der Waals surface area contributed by atoms with Gasteiger partial charge in [0.1, 0.15) is 5.75 Å². The predicted molar refractivity (Wildman–Crippen MR) is 101 cm³/mol. The minimum absolute atomic E-state index is 0.0442. The summed E-state index contributed by atoms with van der Waals surface area (Å²) < 4.78 is 6.86. The molecule has 1 atom stereocenters. The zero-order valence-corrected chi connectivity index (χ0v) is 14.4. The minimum Gasteiger partial charge on any atom is -0.497 e. The maximum Gasteiger partial charge on any atom is 0.261 e. The van der Waals surface area contributed by atoms with Crippen LogP contribution in [0.15, 0.2) is 72.3 Å². The topological polar surface area (TPSA) is 44.1 Å². The van der Waals surface area contributed by atoms with Crippen molar-refractivity contribution in [3.63, 3.8) is 0 Å². The molecule has 0 saturated heterocycles. The SMILES string of the molecule is C=C[C@@H](CCCc1ccccc1)n1cnc2cc(OC)ccc2c1=O. The molecule has 4 nitrogen and oxygen atoms in total. The normalized spacial score (nSPS) is 12.0. The van der Waals surface area contributed by atoms with E-state index in [1.54, 1.807) is 36.2 Å². The van der Waals surface area contributed by atoms with Gasteiger partial charge in [-0.2, -0.15) is 0 Å². The zero-order valence-electron chi connectivity index (χ0n) is 14.4. The summed E-state index contributed by atoms with van der Waals surface area (Å²) in [5.41, 5.74) is 1.91.